The number of halogens is 3. The molecule has 0 bridgehead atoms. The first-order chi connectivity index (χ1) is 38.7. The van der Waals surface area contributed by atoms with Gasteiger partial charge in [-0.15, -0.1) is 0 Å². The van der Waals surface area contributed by atoms with E-state index in [0.29, 0.717) is 11.3 Å². The topological polar surface area (TPSA) is 39.6 Å². The van der Waals surface area contributed by atoms with Gasteiger partial charge in [0.2, 0.25) is 0 Å². The van der Waals surface area contributed by atoms with Gasteiger partial charge in [0.1, 0.15) is 0 Å². The molecular formula is C73H65BF3N5. The molecule has 9 aromatic carbocycles. The highest BCUT2D eigenvalue weighted by Gasteiger charge is 2.44. The van der Waals surface area contributed by atoms with E-state index in [1.165, 1.54) is 50.8 Å². The number of alkyl halides is 3. The van der Waals surface area contributed by atoms with Crippen molar-refractivity contribution in [2.45, 2.75) is 111 Å². The molecule has 2 aliphatic rings. The lowest BCUT2D eigenvalue weighted by molar-refractivity contribution is -0.137. The summed E-state index contributed by atoms with van der Waals surface area (Å²) in [6, 6.07) is 61.8. The zero-order valence-electron chi connectivity index (χ0n) is 48.7. The standard InChI is InChI=1S/C73H65BF3N5/c1-69(2,3)48-36-49(70(4,5)6)39-53(38-48)80-64-24-18-15-21-59(64)74-60-22-16-19-25-65(60)81(54-40-50(71(7,8)9)37-51(41-54)72(10,11)12)67-35-45(34-66(80)68(67)74)44-26-30-62-57(33-44)56-20-14-17-23-61(56)82(62)63-31-27-47(73(75,76)77)42-58(63)55-29-28-52(79-13)32-46(55)43-78/h14-42H,1-12H3. The number of rotatable bonds is 5. The van der Waals surface area contributed by atoms with E-state index < -0.39 is 11.7 Å². The Kier molecular flexibility index (Phi) is 12.4. The van der Waals surface area contributed by atoms with Crippen LogP contribution < -0.4 is 26.2 Å². The van der Waals surface area contributed by atoms with Crippen LogP contribution in [0.25, 0.3) is 54.6 Å². The highest BCUT2D eigenvalue weighted by Crippen LogP contribution is 2.50. The fraction of sp³-hybridized carbons (Fsp3) is 0.233. The van der Waals surface area contributed by atoms with Gasteiger partial charge in [0.15, 0.2) is 5.69 Å². The van der Waals surface area contributed by atoms with Crippen LogP contribution in [-0.4, -0.2) is 11.3 Å². The van der Waals surface area contributed by atoms with Crippen molar-refractivity contribution in [2.75, 3.05) is 9.80 Å². The molecule has 0 unspecified atom stereocenters. The summed E-state index contributed by atoms with van der Waals surface area (Å²) in [5.41, 5.74) is 18.8. The summed E-state index contributed by atoms with van der Waals surface area (Å²) in [4.78, 5) is 8.53. The quantitative estimate of drug-likeness (QED) is 0.127. The number of para-hydroxylation sites is 3. The van der Waals surface area contributed by atoms with Crippen molar-refractivity contribution in [3.05, 3.63) is 221 Å². The van der Waals surface area contributed by atoms with E-state index in [-0.39, 0.29) is 45.2 Å². The normalized spacial score (nSPS) is 13.5. The first-order valence-corrected chi connectivity index (χ1v) is 28.2. The molecule has 0 radical (unpaired) electrons. The van der Waals surface area contributed by atoms with Gasteiger partial charge in [-0.1, -0.05) is 168 Å². The van der Waals surface area contributed by atoms with Crippen molar-refractivity contribution in [3.63, 3.8) is 0 Å². The number of hydrogen-bond donors (Lipinski definition) is 0. The van der Waals surface area contributed by atoms with Crippen molar-refractivity contribution in [3.8, 4) is 34.0 Å². The molecule has 0 amide bonds. The zero-order chi connectivity index (χ0) is 58.2. The van der Waals surface area contributed by atoms with Crippen molar-refractivity contribution >= 4 is 84.7 Å². The van der Waals surface area contributed by atoms with Crippen LogP contribution in [0, 0.1) is 17.9 Å². The Bertz CT molecular complexity index is 4150. The maximum Gasteiger partial charge on any atom is 0.416 e. The Labute approximate surface area is 480 Å². The molecule has 3 heterocycles. The fourth-order valence-electron chi connectivity index (χ4n) is 12.3. The van der Waals surface area contributed by atoms with Crippen LogP contribution in [-0.2, 0) is 27.8 Å². The van der Waals surface area contributed by atoms with Gasteiger partial charge in [-0.3, -0.25) is 0 Å². The van der Waals surface area contributed by atoms with E-state index in [9.17, 15) is 18.4 Å². The summed E-state index contributed by atoms with van der Waals surface area (Å²) >= 11 is 0. The third-order valence-electron chi connectivity index (χ3n) is 16.8. The van der Waals surface area contributed by atoms with Crippen molar-refractivity contribution in [1.82, 2.24) is 4.57 Å². The lowest BCUT2D eigenvalue weighted by Crippen LogP contribution is -2.61. The van der Waals surface area contributed by atoms with Crippen LogP contribution in [0.15, 0.2) is 176 Å². The number of nitrogens with zero attached hydrogens (tertiary/aromatic N) is 5. The molecule has 12 rings (SSSR count). The fourth-order valence-corrected chi connectivity index (χ4v) is 12.3. The molecule has 0 spiro atoms. The Hall–Kier alpha value is -8.79. The first-order valence-electron chi connectivity index (χ1n) is 28.2. The van der Waals surface area contributed by atoms with Gasteiger partial charge in [0.05, 0.1) is 34.9 Å². The average Bonchev–Trinajstić information content (AvgIpc) is 1.06. The summed E-state index contributed by atoms with van der Waals surface area (Å²) in [6.07, 6.45) is -4.65. The Morgan fingerprint density at radius 1 is 0.439 bits per heavy atom. The van der Waals surface area contributed by atoms with E-state index >= 15 is 0 Å². The summed E-state index contributed by atoms with van der Waals surface area (Å²) in [6.45, 7) is 35.0. The minimum Gasteiger partial charge on any atom is -0.311 e. The number of nitriles is 1. The predicted molar refractivity (Wildman–Crippen MR) is 336 cm³/mol. The molecule has 0 saturated carbocycles. The predicted octanol–water partition coefficient (Wildman–Crippen LogP) is 18.8. The molecule has 1 aromatic heterocycles. The second kappa shape index (κ2) is 18.9. The molecule has 10 aromatic rings. The van der Waals surface area contributed by atoms with Crippen molar-refractivity contribution in [2.24, 2.45) is 0 Å². The molecule has 2 aliphatic heterocycles. The molecule has 0 N–H and O–H groups in total. The molecule has 9 heteroatoms. The first kappa shape index (κ1) is 53.8. The lowest BCUT2D eigenvalue weighted by Gasteiger charge is -2.45. The molecule has 82 heavy (non-hydrogen) atoms. The minimum atomic E-state index is -4.65. The molecule has 0 atom stereocenters. The van der Waals surface area contributed by atoms with Gasteiger partial charge in [0, 0.05) is 56.0 Å². The number of anilines is 6. The number of fused-ring (bicyclic) bond motifs is 7. The Morgan fingerprint density at radius 3 is 1.44 bits per heavy atom. The SMILES string of the molecule is [C-]#[N+]c1ccc(-c2cc(C(F)(F)F)ccc2-n2c3ccccc3c3cc(-c4cc5c6c(c4)N(c4cc(C(C)(C)C)cc(C(C)(C)C)c4)c4ccccc4B6c4ccccc4N5c4cc(C(C)(C)C)cc(C(C)(C)C)c4)ccc32)c(C#N)c1. The minimum absolute atomic E-state index is 0.0998. The van der Waals surface area contributed by atoms with Crippen LogP contribution >= 0.6 is 0 Å². The second-order valence-electron chi connectivity index (χ2n) is 26.5. The van der Waals surface area contributed by atoms with Crippen LogP contribution in [0.2, 0.25) is 0 Å². The van der Waals surface area contributed by atoms with E-state index in [2.05, 4.69) is 225 Å². The monoisotopic (exact) mass is 1080 g/mol. The van der Waals surface area contributed by atoms with Gasteiger partial charge < -0.3 is 14.4 Å². The van der Waals surface area contributed by atoms with E-state index in [1.54, 1.807) is 12.1 Å². The number of aromatic nitrogens is 1. The molecule has 0 aliphatic carbocycles. The van der Waals surface area contributed by atoms with Gasteiger partial charge in [-0.2, -0.15) is 18.4 Å². The maximum atomic E-state index is 14.7. The molecule has 5 nitrogen and oxygen atoms in total. The maximum absolute atomic E-state index is 14.7. The number of benzene rings is 9. The zero-order valence-corrected chi connectivity index (χ0v) is 48.7. The summed E-state index contributed by atoms with van der Waals surface area (Å²) in [7, 11) is 0. The smallest absolute Gasteiger partial charge is 0.311 e. The molecular weight excluding hydrogens is 1010 g/mol. The van der Waals surface area contributed by atoms with Crippen LogP contribution in [0.3, 0.4) is 0 Å². The molecule has 0 fully saturated rings. The van der Waals surface area contributed by atoms with Gasteiger partial charge in [-0.25, -0.2) is 4.85 Å². The van der Waals surface area contributed by atoms with Crippen LogP contribution in [0.4, 0.5) is 53.0 Å². The van der Waals surface area contributed by atoms with Gasteiger partial charge in [0.25, 0.3) is 6.71 Å². The Morgan fingerprint density at radius 2 is 0.939 bits per heavy atom. The van der Waals surface area contributed by atoms with E-state index in [4.69, 9.17) is 6.57 Å². The van der Waals surface area contributed by atoms with E-state index in [1.807, 2.05) is 22.8 Å². The van der Waals surface area contributed by atoms with Crippen molar-refractivity contribution < 1.29 is 13.2 Å². The highest BCUT2D eigenvalue weighted by molar-refractivity contribution is 7.00. The lowest BCUT2D eigenvalue weighted by atomic mass is 9.33. The summed E-state index contributed by atoms with van der Waals surface area (Å²) in [5.74, 6) is 0. The summed E-state index contributed by atoms with van der Waals surface area (Å²) in [5, 5.41) is 12.2. The van der Waals surface area contributed by atoms with Crippen LogP contribution in [0.5, 0.6) is 0 Å². The molecule has 406 valence electrons. The third-order valence-corrected chi connectivity index (χ3v) is 16.8. The van der Waals surface area contributed by atoms with Gasteiger partial charge in [-0.05, 0) is 168 Å². The largest absolute Gasteiger partial charge is 0.416 e. The average molecular weight is 1080 g/mol. The molecule has 0 saturated heterocycles. The number of hydrogen-bond acceptors (Lipinski definition) is 3. The second-order valence-corrected chi connectivity index (χ2v) is 26.5. The van der Waals surface area contributed by atoms with Crippen molar-refractivity contribution in [1.29, 1.82) is 5.26 Å². The van der Waals surface area contributed by atoms with Crippen LogP contribution in [0.1, 0.15) is 116 Å². The highest BCUT2D eigenvalue weighted by atomic mass is 19.4. The third kappa shape index (κ3) is 9.03. The summed E-state index contributed by atoms with van der Waals surface area (Å²) < 4.78 is 46.1. The Balaban J connectivity index is 1.17. The van der Waals surface area contributed by atoms with E-state index in [0.717, 1.165) is 79.2 Å². The van der Waals surface area contributed by atoms with Gasteiger partial charge >= 0.3 is 6.18 Å².